The third kappa shape index (κ3) is 8.89. The molecule has 0 aliphatic heterocycles. The summed E-state index contributed by atoms with van der Waals surface area (Å²) in [7, 11) is 0. The predicted molar refractivity (Wildman–Crippen MR) is 110 cm³/mol. The molecular weight excluding hydrogens is 394 g/mol. The Bertz CT molecular complexity index is 793. The van der Waals surface area contributed by atoms with Crippen molar-refractivity contribution in [3.63, 3.8) is 0 Å². The van der Waals surface area contributed by atoms with Gasteiger partial charge in [-0.15, -0.1) is 0 Å². The summed E-state index contributed by atoms with van der Waals surface area (Å²) in [5, 5.41) is 15.9. The zero-order chi connectivity index (χ0) is 23.3. The van der Waals surface area contributed by atoms with E-state index in [4.69, 9.17) is 9.47 Å². The van der Waals surface area contributed by atoms with Crippen molar-refractivity contribution in [2.75, 3.05) is 5.32 Å². The maximum atomic E-state index is 12.8. The lowest BCUT2D eigenvalue weighted by Gasteiger charge is -2.24. The Morgan fingerprint density at radius 1 is 1.07 bits per heavy atom. The maximum absolute atomic E-state index is 12.8. The number of nitrogens with zero attached hydrogens (tertiary/aromatic N) is 1. The van der Waals surface area contributed by atoms with Crippen LogP contribution in [-0.4, -0.2) is 40.1 Å². The number of nitro groups is 1. The van der Waals surface area contributed by atoms with Crippen molar-refractivity contribution < 1.29 is 28.8 Å². The standard InChI is InChI=1S/C20H29N3O7/c1-12-8-9-13(23(27)28)10-14(12)21-17(25)15(11-16(24)29-19(2,3)4)22-18(26)30-20(5,6)7/h8-10,15H,11H2,1-7H3,(H,21,25)(H,22,26). The highest BCUT2D eigenvalue weighted by molar-refractivity contribution is 5.99. The van der Waals surface area contributed by atoms with Crippen molar-refractivity contribution in [1.82, 2.24) is 5.32 Å². The van der Waals surface area contributed by atoms with Gasteiger partial charge in [-0.3, -0.25) is 19.7 Å². The number of aryl methyl sites for hydroxylation is 1. The number of hydrogen-bond donors (Lipinski definition) is 2. The molecule has 1 aromatic rings. The SMILES string of the molecule is Cc1ccc([N+](=O)[O-])cc1NC(=O)C(CC(=O)OC(C)(C)C)NC(=O)OC(C)(C)C. The van der Waals surface area contributed by atoms with E-state index in [1.807, 2.05) is 0 Å². The van der Waals surface area contributed by atoms with Crippen LogP contribution < -0.4 is 10.6 Å². The minimum Gasteiger partial charge on any atom is -0.460 e. The van der Waals surface area contributed by atoms with E-state index >= 15 is 0 Å². The van der Waals surface area contributed by atoms with Gasteiger partial charge in [0.25, 0.3) is 5.69 Å². The quantitative estimate of drug-likeness (QED) is 0.406. The van der Waals surface area contributed by atoms with Crippen molar-refractivity contribution in [3.8, 4) is 0 Å². The maximum Gasteiger partial charge on any atom is 0.408 e. The fraction of sp³-hybridized carbons (Fsp3) is 0.550. The van der Waals surface area contributed by atoms with Gasteiger partial charge in [0.1, 0.15) is 17.2 Å². The number of nitrogens with one attached hydrogen (secondary N) is 2. The lowest BCUT2D eigenvalue weighted by molar-refractivity contribution is -0.384. The van der Waals surface area contributed by atoms with E-state index in [0.717, 1.165) is 0 Å². The number of alkyl carbamates (subject to hydrolysis) is 1. The zero-order valence-corrected chi connectivity index (χ0v) is 18.3. The van der Waals surface area contributed by atoms with Crippen LogP contribution in [0.1, 0.15) is 53.5 Å². The van der Waals surface area contributed by atoms with Gasteiger partial charge < -0.3 is 20.1 Å². The summed E-state index contributed by atoms with van der Waals surface area (Å²) in [6, 6.07) is 2.68. The highest BCUT2D eigenvalue weighted by Crippen LogP contribution is 2.22. The topological polar surface area (TPSA) is 137 Å². The van der Waals surface area contributed by atoms with Crippen LogP contribution in [0.15, 0.2) is 18.2 Å². The summed E-state index contributed by atoms with van der Waals surface area (Å²) < 4.78 is 10.4. The minimum absolute atomic E-state index is 0.189. The number of carbonyl (C=O) groups excluding carboxylic acids is 3. The monoisotopic (exact) mass is 423 g/mol. The molecule has 2 N–H and O–H groups in total. The zero-order valence-electron chi connectivity index (χ0n) is 18.3. The second-order valence-corrected chi connectivity index (χ2v) is 8.73. The van der Waals surface area contributed by atoms with Gasteiger partial charge in [-0.2, -0.15) is 0 Å². The Labute approximate surface area is 175 Å². The Morgan fingerprint density at radius 3 is 2.13 bits per heavy atom. The summed E-state index contributed by atoms with van der Waals surface area (Å²) in [4.78, 5) is 47.6. The predicted octanol–water partition coefficient (Wildman–Crippen LogP) is 3.47. The molecule has 0 fully saturated rings. The number of rotatable bonds is 6. The first-order chi connectivity index (χ1) is 13.6. The number of amides is 2. The normalized spacial score (nSPS) is 12.5. The van der Waals surface area contributed by atoms with Gasteiger partial charge in [0.05, 0.1) is 17.0 Å². The average molecular weight is 423 g/mol. The molecule has 0 saturated carbocycles. The molecule has 0 heterocycles. The summed E-state index contributed by atoms with van der Waals surface area (Å²) in [6.07, 6.45) is -1.34. The van der Waals surface area contributed by atoms with Gasteiger partial charge >= 0.3 is 12.1 Å². The van der Waals surface area contributed by atoms with Gasteiger partial charge in [-0.05, 0) is 54.0 Å². The lowest BCUT2D eigenvalue weighted by atomic mass is 10.1. The first-order valence-corrected chi connectivity index (χ1v) is 9.34. The second kappa shape index (κ2) is 9.55. The van der Waals surface area contributed by atoms with Gasteiger partial charge in [0, 0.05) is 12.1 Å². The van der Waals surface area contributed by atoms with Crippen LogP contribution in [0, 0.1) is 17.0 Å². The first kappa shape index (κ1) is 24.9. The van der Waals surface area contributed by atoms with Crippen LogP contribution in [-0.2, 0) is 19.1 Å². The summed E-state index contributed by atoms with van der Waals surface area (Å²) >= 11 is 0. The van der Waals surface area contributed by atoms with E-state index in [1.165, 1.54) is 18.2 Å². The van der Waals surface area contributed by atoms with Crippen LogP contribution in [0.3, 0.4) is 0 Å². The van der Waals surface area contributed by atoms with Gasteiger partial charge in [0.2, 0.25) is 5.91 Å². The van der Waals surface area contributed by atoms with Crippen LogP contribution in [0.4, 0.5) is 16.2 Å². The Balaban J connectivity index is 3.06. The number of non-ortho nitro benzene ring substituents is 1. The highest BCUT2D eigenvalue weighted by atomic mass is 16.6. The molecule has 10 heteroatoms. The van der Waals surface area contributed by atoms with E-state index in [2.05, 4.69) is 10.6 Å². The second-order valence-electron chi connectivity index (χ2n) is 8.73. The molecule has 0 spiro atoms. The molecule has 0 aromatic heterocycles. The Morgan fingerprint density at radius 2 is 1.63 bits per heavy atom. The molecule has 10 nitrogen and oxygen atoms in total. The van der Waals surface area contributed by atoms with Crippen molar-refractivity contribution in [1.29, 1.82) is 0 Å². The van der Waals surface area contributed by atoms with Crippen molar-refractivity contribution in [3.05, 3.63) is 33.9 Å². The Hall–Kier alpha value is -3.17. The van der Waals surface area contributed by atoms with E-state index in [1.54, 1.807) is 48.5 Å². The fourth-order valence-corrected chi connectivity index (χ4v) is 2.29. The van der Waals surface area contributed by atoms with Gasteiger partial charge in [0.15, 0.2) is 0 Å². The molecule has 166 valence electrons. The molecule has 30 heavy (non-hydrogen) atoms. The largest absolute Gasteiger partial charge is 0.460 e. The van der Waals surface area contributed by atoms with Crippen LogP contribution >= 0.6 is 0 Å². The fourth-order valence-electron chi connectivity index (χ4n) is 2.29. The molecule has 0 bridgehead atoms. The number of ether oxygens (including phenoxy) is 2. The summed E-state index contributed by atoms with van der Waals surface area (Å²) in [5.41, 5.74) is -1.04. The number of esters is 1. The van der Waals surface area contributed by atoms with Crippen molar-refractivity contribution in [2.24, 2.45) is 0 Å². The molecule has 0 aliphatic rings. The van der Waals surface area contributed by atoms with E-state index < -0.39 is 46.6 Å². The molecule has 1 aromatic carbocycles. The number of hydrogen-bond acceptors (Lipinski definition) is 7. The number of nitro benzene ring substituents is 1. The minimum atomic E-state index is -1.31. The summed E-state index contributed by atoms with van der Waals surface area (Å²) in [5.74, 6) is -1.44. The molecule has 2 amide bonds. The van der Waals surface area contributed by atoms with Gasteiger partial charge in [-0.25, -0.2) is 4.79 Å². The van der Waals surface area contributed by atoms with E-state index in [-0.39, 0.29) is 11.4 Å². The molecule has 0 radical (unpaired) electrons. The van der Waals surface area contributed by atoms with Crippen LogP contribution in [0.25, 0.3) is 0 Å². The smallest absolute Gasteiger partial charge is 0.408 e. The van der Waals surface area contributed by atoms with E-state index in [0.29, 0.717) is 5.56 Å². The van der Waals surface area contributed by atoms with Crippen LogP contribution in [0.5, 0.6) is 0 Å². The van der Waals surface area contributed by atoms with Crippen molar-refractivity contribution >= 4 is 29.3 Å². The molecule has 0 aliphatic carbocycles. The Kier molecular flexibility index (Phi) is 7.92. The third-order valence-electron chi connectivity index (χ3n) is 3.49. The first-order valence-electron chi connectivity index (χ1n) is 9.34. The molecule has 1 unspecified atom stereocenters. The molecular formula is C20H29N3O7. The highest BCUT2D eigenvalue weighted by Gasteiger charge is 2.29. The lowest BCUT2D eigenvalue weighted by Crippen LogP contribution is -2.47. The average Bonchev–Trinajstić information content (AvgIpc) is 2.52. The van der Waals surface area contributed by atoms with Crippen LogP contribution in [0.2, 0.25) is 0 Å². The molecule has 0 saturated heterocycles. The van der Waals surface area contributed by atoms with E-state index in [9.17, 15) is 24.5 Å². The number of benzene rings is 1. The third-order valence-corrected chi connectivity index (χ3v) is 3.49. The van der Waals surface area contributed by atoms with Gasteiger partial charge in [-0.1, -0.05) is 6.07 Å². The molecule has 1 atom stereocenters. The summed E-state index contributed by atoms with van der Waals surface area (Å²) in [6.45, 7) is 11.6. The number of anilines is 1. The molecule has 1 rings (SSSR count). The van der Waals surface area contributed by atoms with Crippen molar-refractivity contribution in [2.45, 2.75) is 72.1 Å². The number of carbonyl (C=O) groups is 3.